The van der Waals surface area contributed by atoms with Crippen LogP contribution in [0.5, 0.6) is 0 Å². The maximum atomic E-state index is 12.3. The first-order valence-corrected chi connectivity index (χ1v) is 8.46. The van der Waals surface area contributed by atoms with Gasteiger partial charge in [-0.2, -0.15) is 0 Å². The second-order valence-electron chi connectivity index (χ2n) is 8.06. The third kappa shape index (κ3) is 5.10. The van der Waals surface area contributed by atoms with E-state index in [4.69, 9.17) is 10.5 Å². The number of amides is 1. The molecule has 0 atom stereocenters. The van der Waals surface area contributed by atoms with Gasteiger partial charge in [0.15, 0.2) is 0 Å². The van der Waals surface area contributed by atoms with Crippen molar-refractivity contribution in [3.8, 4) is 0 Å². The minimum atomic E-state index is -0.707. The average Bonchev–Trinajstić information content (AvgIpc) is 2.45. The SMILES string of the molecule is CC(C)(C)C1CCC(CNC(=O)C2(N)CCOCC2)CC1.Cl. The molecule has 0 aromatic rings. The van der Waals surface area contributed by atoms with Gasteiger partial charge in [-0.3, -0.25) is 4.79 Å². The predicted octanol–water partition coefficient (Wildman–Crippen LogP) is 2.88. The molecule has 0 bridgehead atoms. The summed E-state index contributed by atoms with van der Waals surface area (Å²) in [5.74, 6) is 1.46. The minimum Gasteiger partial charge on any atom is -0.381 e. The van der Waals surface area contributed by atoms with E-state index in [2.05, 4.69) is 26.1 Å². The standard InChI is InChI=1S/C17H32N2O2.ClH/c1-16(2,3)14-6-4-13(5-7-14)12-19-15(20)17(18)8-10-21-11-9-17;/h13-14H,4-12,18H2,1-3H3,(H,19,20);1H. The Morgan fingerprint density at radius 1 is 1.18 bits per heavy atom. The maximum Gasteiger partial charge on any atom is 0.240 e. The zero-order valence-electron chi connectivity index (χ0n) is 14.3. The molecule has 4 nitrogen and oxygen atoms in total. The lowest BCUT2D eigenvalue weighted by Crippen LogP contribution is -2.57. The van der Waals surface area contributed by atoms with E-state index < -0.39 is 5.54 Å². The monoisotopic (exact) mass is 332 g/mol. The van der Waals surface area contributed by atoms with Crippen molar-refractivity contribution in [2.45, 2.75) is 64.8 Å². The van der Waals surface area contributed by atoms with Crippen molar-refractivity contribution >= 4 is 18.3 Å². The van der Waals surface area contributed by atoms with E-state index in [0.29, 0.717) is 37.4 Å². The zero-order valence-corrected chi connectivity index (χ0v) is 15.1. The molecule has 2 rings (SSSR count). The fourth-order valence-electron chi connectivity index (χ4n) is 3.61. The number of carbonyl (C=O) groups is 1. The lowest BCUT2D eigenvalue weighted by atomic mass is 9.70. The fourth-order valence-corrected chi connectivity index (χ4v) is 3.61. The maximum absolute atomic E-state index is 12.3. The first-order chi connectivity index (χ1) is 9.81. The molecule has 1 aliphatic heterocycles. The van der Waals surface area contributed by atoms with Crippen molar-refractivity contribution in [3.63, 3.8) is 0 Å². The number of hydrogen-bond acceptors (Lipinski definition) is 3. The summed E-state index contributed by atoms with van der Waals surface area (Å²) in [4.78, 5) is 12.3. The number of halogens is 1. The molecule has 3 N–H and O–H groups in total. The largest absolute Gasteiger partial charge is 0.381 e. The number of rotatable bonds is 3. The van der Waals surface area contributed by atoms with Gasteiger partial charge in [-0.25, -0.2) is 0 Å². The van der Waals surface area contributed by atoms with Crippen molar-refractivity contribution in [2.75, 3.05) is 19.8 Å². The van der Waals surface area contributed by atoms with Crippen LogP contribution >= 0.6 is 12.4 Å². The van der Waals surface area contributed by atoms with Crippen LogP contribution in [0.3, 0.4) is 0 Å². The van der Waals surface area contributed by atoms with Crippen LogP contribution in [0, 0.1) is 17.3 Å². The first-order valence-electron chi connectivity index (χ1n) is 8.46. The van der Waals surface area contributed by atoms with Crippen molar-refractivity contribution in [1.29, 1.82) is 0 Å². The van der Waals surface area contributed by atoms with Crippen LogP contribution in [0.4, 0.5) is 0 Å². The molecule has 0 radical (unpaired) electrons. The number of carbonyl (C=O) groups excluding carboxylic acids is 1. The molecule has 22 heavy (non-hydrogen) atoms. The second kappa shape index (κ2) is 7.98. The zero-order chi connectivity index (χ0) is 15.5. The normalized spacial score (nSPS) is 28.5. The summed E-state index contributed by atoms with van der Waals surface area (Å²) < 4.78 is 5.29. The Bertz CT molecular complexity index is 354. The lowest BCUT2D eigenvalue weighted by molar-refractivity contribution is -0.130. The van der Waals surface area contributed by atoms with E-state index in [9.17, 15) is 4.79 Å². The van der Waals surface area contributed by atoms with E-state index in [0.717, 1.165) is 12.5 Å². The highest BCUT2D eigenvalue weighted by molar-refractivity contribution is 5.86. The quantitative estimate of drug-likeness (QED) is 0.835. The highest BCUT2D eigenvalue weighted by Crippen LogP contribution is 2.39. The molecular weight excluding hydrogens is 300 g/mol. The molecule has 130 valence electrons. The number of ether oxygens (including phenoxy) is 1. The minimum absolute atomic E-state index is 0. The van der Waals surface area contributed by atoms with E-state index >= 15 is 0 Å². The summed E-state index contributed by atoms with van der Waals surface area (Å²) in [6, 6.07) is 0. The molecule has 5 heteroatoms. The van der Waals surface area contributed by atoms with E-state index in [1.807, 2.05) is 0 Å². The van der Waals surface area contributed by atoms with E-state index in [-0.39, 0.29) is 18.3 Å². The van der Waals surface area contributed by atoms with Crippen LogP contribution in [0.15, 0.2) is 0 Å². The average molecular weight is 333 g/mol. The Labute approximate surface area is 141 Å². The van der Waals surface area contributed by atoms with Gasteiger partial charge in [0.05, 0.1) is 5.54 Å². The molecular formula is C17H33ClN2O2. The summed E-state index contributed by atoms with van der Waals surface area (Å²) >= 11 is 0. The smallest absolute Gasteiger partial charge is 0.240 e. The molecule has 0 unspecified atom stereocenters. The third-order valence-electron chi connectivity index (χ3n) is 5.46. The van der Waals surface area contributed by atoms with Crippen molar-refractivity contribution < 1.29 is 9.53 Å². The number of hydrogen-bond donors (Lipinski definition) is 2. The summed E-state index contributed by atoms with van der Waals surface area (Å²) in [5, 5.41) is 3.10. The Balaban J connectivity index is 0.00000242. The molecule has 1 heterocycles. The lowest BCUT2D eigenvalue weighted by Gasteiger charge is -2.37. The Kier molecular flexibility index (Phi) is 7.16. The Hall–Kier alpha value is -0.320. The van der Waals surface area contributed by atoms with Crippen LogP contribution in [0.2, 0.25) is 0 Å². The molecule has 2 aliphatic rings. The van der Waals surface area contributed by atoms with Crippen LogP contribution in [0.25, 0.3) is 0 Å². The fraction of sp³-hybridized carbons (Fsp3) is 0.941. The van der Waals surface area contributed by atoms with Crippen LogP contribution in [-0.2, 0) is 9.53 Å². The molecule has 1 saturated carbocycles. The van der Waals surface area contributed by atoms with Crippen LogP contribution in [0.1, 0.15) is 59.3 Å². The van der Waals surface area contributed by atoms with E-state index in [1.54, 1.807) is 0 Å². The van der Waals surface area contributed by atoms with Gasteiger partial charge in [0.25, 0.3) is 0 Å². The molecule has 0 spiro atoms. The van der Waals surface area contributed by atoms with Gasteiger partial charge in [0.2, 0.25) is 5.91 Å². The Morgan fingerprint density at radius 2 is 1.73 bits per heavy atom. The van der Waals surface area contributed by atoms with Gasteiger partial charge >= 0.3 is 0 Å². The highest BCUT2D eigenvalue weighted by Gasteiger charge is 2.36. The predicted molar refractivity (Wildman–Crippen MR) is 92.1 cm³/mol. The van der Waals surface area contributed by atoms with Gasteiger partial charge in [0.1, 0.15) is 0 Å². The number of nitrogens with two attached hydrogens (primary N) is 1. The van der Waals surface area contributed by atoms with Gasteiger partial charge in [-0.1, -0.05) is 20.8 Å². The molecule has 0 aromatic carbocycles. The molecule has 0 aromatic heterocycles. The summed E-state index contributed by atoms with van der Waals surface area (Å²) in [6.45, 7) is 8.99. The second-order valence-corrected chi connectivity index (χ2v) is 8.06. The Morgan fingerprint density at radius 3 is 2.23 bits per heavy atom. The molecule has 1 amide bonds. The van der Waals surface area contributed by atoms with Crippen molar-refractivity contribution in [3.05, 3.63) is 0 Å². The van der Waals surface area contributed by atoms with Crippen LogP contribution in [-0.4, -0.2) is 31.2 Å². The van der Waals surface area contributed by atoms with Gasteiger partial charge in [0, 0.05) is 19.8 Å². The highest BCUT2D eigenvalue weighted by atomic mass is 35.5. The van der Waals surface area contributed by atoms with Gasteiger partial charge in [-0.15, -0.1) is 12.4 Å². The number of nitrogens with one attached hydrogen (secondary N) is 1. The van der Waals surface area contributed by atoms with Gasteiger partial charge in [-0.05, 0) is 55.8 Å². The van der Waals surface area contributed by atoms with Crippen LogP contribution < -0.4 is 11.1 Å². The van der Waals surface area contributed by atoms with E-state index in [1.165, 1.54) is 25.7 Å². The first kappa shape index (κ1) is 19.7. The van der Waals surface area contributed by atoms with Crippen molar-refractivity contribution in [2.24, 2.45) is 23.0 Å². The molecule has 1 saturated heterocycles. The third-order valence-corrected chi connectivity index (χ3v) is 5.46. The summed E-state index contributed by atoms with van der Waals surface area (Å²) in [5.41, 5.74) is 5.91. The summed E-state index contributed by atoms with van der Waals surface area (Å²) in [7, 11) is 0. The van der Waals surface area contributed by atoms with Crippen molar-refractivity contribution in [1.82, 2.24) is 5.32 Å². The molecule has 1 aliphatic carbocycles. The molecule has 2 fully saturated rings. The topological polar surface area (TPSA) is 64.4 Å². The summed E-state index contributed by atoms with van der Waals surface area (Å²) in [6.07, 6.45) is 6.29. The van der Waals surface area contributed by atoms with Gasteiger partial charge < -0.3 is 15.8 Å².